The number of ether oxygens (including phenoxy) is 1. The summed E-state index contributed by atoms with van der Waals surface area (Å²) in [4.78, 5) is 14.1. The van der Waals surface area contributed by atoms with Crippen LogP contribution in [0, 0.1) is 0 Å². The predicted octanol–water partition coefficient (Wildman–Crippen LogP) is 4.79. The van der Waals surface area contributed by atoms with Crippen molar-refractivity contribution in [1.29, 1.82) is 0 Å². The molecule has 0 aromatic heterocycles. The fourth-order valence-electron chi connectivity index (χ4n) is 2.06. The van der Waals surface area contributed by atoms with Crippen LogP contribution in [0.5, 0.6) is 5.75 Å². The van der Waals surface area contributed by atoms with Crippen LogP contribution in [0.4, 0.5) is 0 Å². The molecule has 0 saturated heterocycles. The van der Waals surface area contributed by atoms with Gasteiger partial charge in [0.2, 0.25) is 5.78 Å². The summed E-state index contributed by atoms with van der Waals surface area (Å²) in [6, 6.07) is 13.5. The van der Waals surface area contributed by atoms with Crippen molar-refractivity contribution in [2.24, 2.45) is 0 Å². The number of rotatable bonds is 2. The van der Waals surface area contributed by atoms with Gasteiger partial charge in [0.05, 0.1) is 16.5 Å². The van der Waals surface area contributed by atoms with Crippen LogP contribution in [0.2, 0.25) is 0 Å². The summed E-state index contributed by atoms with van der Waals surface area (Å²) in [6.45, 7) is 0. The normalized spacial score (nSPS) is 15.5. The zero-order valence-corrected chi connectivity index (χ0v) is 13.1. The maximum Gasteiger partial charge on any atom is 0.200 e. The lowest BCUT2D eigenvalue weighted by atomic mass is 10.1. The molecular formula is C16H11BrO2S. The predicted molar refractivity (Wildman–Crippen MR) is 85.3 cm³/mol. The van der Waals surface area contributed by atoms with E-state index in [-0.39, 0.29) is 5.78 Å². The molecule has 0 saturated carbocycles. The van der Waals surface area contributed by atoms with Gasteiger partial charge in [-0.15, -0.1) is 0 Å². The molecule has 0 radical (unpaired) electrons. The summed E-state index contributed by atoms with van der Waals surface area (Å²) in [5.74, 6) is 0.873. The molecule has 2 aromatic rings. The van der Waals surface area contributed by atoms with Crippen LogP contribution >= 0.6 is 27.7 Å². The van der Waals surface area contributed by atoms with Gasteiger partial charge >= 0.3 is 0 Å². The molecule has 1 heterocycles. The fourth-order valence-corrected chi connectivity index (χ4v) is 3.67. The van der Waals surface area contributed by atoms with E-state index in [0.29, 0.717) is 0 Å². The van der Waals surface area contributed by atoms with E-state index >= 15 is 0 Å². The minimum Gasteiger partial charge on any atom is -0.496 e. The van der Waals surface area contributed by atoms with Crippen LogP contribution in [0.3, 0.4) is 0 Å². The van der Waals surface area contributed by atoms with E-state index in [1.165, 1.54) is 11.8 Å². The number of Topliss-reactive ketones (excluding diaryl/α,β-unsaturated/α-hetero) is 1. The molecule has 100 valence electrons. The number of benzene rings is 2. The molecule has 0 spiro atoms. The second-order valence-electron chi connectivity index (χ2n) is 4.33. The molecule has 0 atom stereocenters. The van der Waals surface area contributed by atoms with Gasteiger partial charge in [0, 0.05) is 10.5 Å². The molecule has 3 rings (SSSR count). The number of allylic oxidation sites excluding steroid dienone is 1. The van der Waals surface area contributed by atoms with Gasteiger partial charge in [-0.1, -0.05) is 30.0 Å². The van der Waals surface area contributed by atoms with Crippen molar-refractivity contribution < 1.29 is 9.53 Å². The summed E-state index contributed by atoms with van der Waals surface area (Å²) in [7, 11) is 1.63. The Morgan fingerprint density at radius 3 is 2.70 bits per heavy atom. The summed E-state index contributed by atoms with van der Waals surface area (Å²) < 4.78 is 6.08. The molecule has 0 unspecified atom stereocenters. The molecule has 1 aliphatic heterocycles. The van der Waals surface area contributed by atoms with Gasteiger partial charge in [-0.05, 0) is 51.8 Å². The number of carbonyl (C=O) groups is 1. The fraction of sp³-hybridized carbons (Fsp3) is 0.0625. The molecule has 0 bridgehead atoms. The lowest BCUT2D eigenvalue weighted by Crippen LogP contribution is -1.93. The summed E-state index contributed by atoms with van der Waals surface area (Å²) in [5.41, 5.74) is 1.76. The van der Waals surface area contributed by atoms with Crippen molar-refractivity contribution >= 4 is 39.6 Å². The monoisotopic (exact) mass is 346 g/mol. The SMILES string of the molecule is COc1ccc(C=C2Sc3ccccc3C2=O)cc1Br. The van der Waals surface area contributed by atoms with Crippen LogP contribution in [0.1, 0.15) is 15.9 Å². The molecule has 1 aliphatic rings. The Hall–Kier alpha value is -1.52. The molecular weight excluding hydrogens is 336 g/mol. The van der Waals surface area contributed by atoms with Gasteiger partial charge in [0.25, 0.3) is 0 Å². The Balaban J connectivity index is 1.95. The molecule has 0 N–H and O–H groups in total. The first-order valence-corrected chi connectivity index (χ1v) is 7.67. The van der Waals surface area contributed by atoms with Gasteiger partial charge in [-0.25, -0.2) is 0 Å². The number of carbonyl (C=O) groups excluding carboxylic acids is 1. The zero-order chi connectivity index (χ0) is 14.1. The number of methoxy groups -OCH3 is 1. The highest BCUT2D eigenvalue weighted by Crippen LogP contribution is 2.40. The maximum atomic E-state index is 12.3. The smallest absolute Gasteiger partial charge is 0.200 e. The first-order chi connectivity index (χ1) is 9.69. The molecule has 4 heteroatoms. The van der Waals surface area contributed by atoms with Crippen molar-refractivity contribution in [2.75, 3.05) is 7.11 Å². The van der Waals surface area contributed by atoms with Gasteiger partial charge in [0.1, 0.15) is 5.75 Å². The highest BCUT2D eigenvalue weighted by molar-refractivity contribution is 9.10. The maximum absolute atomic E-state index is 12.3. The molecule has 0 amide bonds. The number of thioether (sulfide) groups is 1. The van der Waals surface area contributed by atoms with Crippen molar-refractivity contribution in [3.8, 4) is 5.75 Å². The largest absolute Gasteiger partial charge is 0.496 e. The first kappa shape index (κ1) is 13.5. The van der Waals surface area contributed by atoms with Gasteiger partial charge < -0.3 is 4.74 Å². The third-order valence-electron chi connectivity index (χ3n) is 3.05. The van der Waals surface area contributed by atoms with Crippen molar-refractivity contribution in [3.05, 3.63) is 63.0 Å². The molecule has 0 aliphatic carbocycles. The third-order valence-corrected chi connectivity index (χ3v) is 4.77. The number of hydrogen-bond acceptors (Lipinski definition) is 3. The second kappa shape index (κ2) is 5.46. The Labute approximate surface area is 130 Å². The van der Waals surface area contributed by atoms with E-state index in [4.69, 9.17) is 4.74 Å². The molecule has 0 fully saturated rings. The Bertz CT molecular complexity index is 722. The van der Waals surface area contributed by atoms with Crippen molar-refractivity contribution in [1.82, 2.24) is 0 Å². The third kappa shape index (κ3) is 2.41. The highest BCUT2D eigenvalue weighted by atomic mass is 79.9. The molecule has 20 heavy (non-hydrogen) atoms. The molecule has 2 aromatic carbocycles. The average Bonchev–Trinajstić information content (AvgIpc) is 2.76. The Kier molecular flexibility index (Phi) is 3.68. The van der Waals surface area contributed by atoms with Crippen molar-refractivity contribution in [3.63, 3.8) is 0 Å². The number of ketones is 1. The van der Waals surface area contributed by atoms with Crippen molar-refractivity contribution in [2.45, 2.75) is 4.90 Å². The van der Waals surface area contributed by atoms with E-state index in [2.05, 4.69) is 15.9 Å². The summed E-state index contributed by atoms with van der Waals surface area (Å²) in [6.07, 6.45) is 1.91. The van der Waals surface area contributed by atoms with Crippen LogP contribution in [-0.2, 0) is 0 Å². The second-order valence-corrected chi connectivity index (χ2v) is 6.27. The summed E-state index contributed by atoms with van der Waals surface area (Å²) >= 11 is 4.97. The Morgan fingerprint density at radius 1 is 1.20 bits per heavy atom. The van der Waals surface area contributed by atoms with Gasteiger partial charge in [-0.3, -0.25) is 4.79 Å². The highest BCUT2D eigenvalue weighted by Gasteiger charge is 2.25. The zero-order valence-electron chi connectivity index (χ0n) is 10.7. The van der Waals surface area contributed by atoms with E-state index in [0.717, 1.165) is 31.1 Å². The topological polar surface area (TPSA) is 26.3 Å². The summed E-state index contributed by atoms with van der Waals surface area (Å²) in [5, 5.41) is 0. The van der Waals surface area contributed by atoms with Crippen LogP contribution in [0.15, 0.2) is 56.7 Å². The van der Waals surface area contributed by atoms with E-state index in [1.54, 1.807) is 7.11 Å². The van der Waals surface area contributed by atoms with Crippen LogP contribution in [0.25, 0.3) is 6.08 Å². The minimum absolute atomic E-state index is 0.0949. The Morgan fingerprint density at radius 2 is 2.00 bits per heavy atom. The first-order valence-electron chi connectivity index (χ1n) is 6.06. The average molecular weight is 347 g/mol. The lowest BCUT2D eigenvalue weighted by molar-refractivity contribution is 0.104. The number of halogens is 1. The van der Waals surface area contributed by atoms with E-state index < -0.39 is 0 Å². The lowest BCUT2D eigenvalue weighted by Gasteiger charge is -2.04. The molecule has 2 nitrogen and oxygen atoms in total. The minimum atomic E-state index is 0.0949. The van der Waals surface area contributed by atoms with Gasteiger partial charge in [0.15, 0.2) is 0 Å². The number of hydrogen-bond donors (Lipinski definition) is 0. The quantitative estimate of drug-likeness (QED) is 0.731. The van der Waals surface area contributed by atoms with E-state index in [9.17, 15) is 4.79 Å². The van der Waals surface area contributed by atoms with Crippen LogP contribution < -0.4 is 4.74 Å². The van der Waals surface area contributed by atoms with Crippen LogP contribution in [-0.4, -0.2) is 12.9 Å². The van der Waals surface area contributed by atoms with E-state index in [1.807, 2.05) is 48.5 Å². The standard InChI is InChI=1S/C16H11BrO2S/c1-19-13-7-6-10(8-12(13)17)9-15-16(18)11-4-2-3-5-14(11)20-15/h2-9H,1H3. The number of fused-ring (bicyclic) bond motifs is 1. The van der Waals surface area contributed by atoms with Gasteiger partial charge in [-0.2, -0.15) is 0 Å².